The molecular weight excluding hydrogens is 436 g/mol. The van der Waals surface area contributed by atoms with E-state index in [2.05, 4.69) is 31.4 Å². The van der Waals surface area contributed by atoms with Crippen molar-refractivity contribution < 1.29 is 13.6 Å². The van der Waals surface area contributed by atoms with Gasteiger partial charge in [-0.05, 0) is 33.4 Å². The summed E-state index contributed by atoms with van der Waals surface area (Å²) in [5, 5.41) is 12.6. The van der Waals surface area contributed by atoms with Crippen LogP contribution in [-0.4, -0.2) is 26.5 Å². The third kappa shape index (κ3) is 3.99. The number of carbonyl (C=O) groups excluding carboxylic acids is 1. The van der Waals surface area contributed by atoms with E-state index in [9.17, 15) is 13.6 Å². The number of hydrogen-bond acceptors (Lipinski definition) is 6. The predicted molar refractivity (Wildman–Crippen MR) is 96.9 cm³/mol. The van der Waals surface area contributed by atoms with Crippen molar-refractivity contribution in [2.45, 2.75) is 5.16 Å². The standard InChI is InChI=1S/C14H10BrF2N5OS2/c15-8-4-7(16)5-9(17)12(8)19-11(23)6-25-14-21-20-13(22(14)18)10-2-1-3-24-10/h1-5H,6,18H2,(H,19,23). The Morgan fingerprint density at radius 2 is 2.20 bits per heavy atom. The molecule has 2 heterocycles. The van der Waals surface area contributed by atoms with E-state index in [1.54, 1.807) is 0 Å². The number of nitrogens with two attached hydrogens (primary N) is 1. The van der Waals surface area contributed by atoms with Crippen LogP contribution in [0.2, 0.25) is 0 Å². The Morgan fingerprint density at radius 1 is 1.40 bits per heavy atom. The van der Waals surface area contributed by atoms with Crippen molar-refractivity contribution in [1.29, 1.82) is 0 Å². The van der Waals surface area contributed by atoms with Gasteiger partial charge in [-0.25, -0.2) is 13.5 Å². The van der Waals surface area contributed by atoms with Gasteiger partial charge < -0.3 is 11.2 Å². The van der Waals surface area contributed by atoms with Crippen LogP contribution in [0.1, 0.15) is 0 Å². The van der Waals surface area contributed by atoms with Crippen LogP contribution < -0.4 is 11.2 Å². The molecule has 0 radical (unpaired) electrons. The van der Waals surface area contributed by atoms with Gasteiger partial charge in [-0.3, -0.25) is 4.79 Å². The lowest BCUT2D eigenvalue weighted by molar-refractivity contribution is -0.113. The van der Waals surface area contributed by atoms with E-state index in [0.717, 1.165) is 22.7 Å². The van der Waals surface area contributed by atoms with E-state index in [-0.39, 0.29) is 15.9 Å². The van der Waals surface area contributed by atoms with Gasteiger partial charge in [0, 0.05) is 10.5 Å². The quantitative estimate of drug-likeness (QED) is 0.463. The zero-order valence-corrected chi connectivity index (χ0v) is 15.6. The summed E-state index contributed by atoms with van der Waals surface area (Å²) in [6, 6.07) is 5.48. The highest BCUT2D eigenvalue weighted by molar-refractivity contribution is 9.10. The van der Waals surface area contributed by atoms with E-state index in [1.165, 1.54) is 16.0 Å². The normalized spacial score (nSPS) is 10.8. The topological polar surface area (TPSA) is 85.8 Å². The average Bonchev–Trinajstić information content (AvgIpc) is 3.18. The minimum Gasteiger partial charge on any atom is -0.335 e. The zero-order chi connectivity index (χ0) is 18.0. The van der Waals surface area contributed by atoms with Crippen LogP contribution >= 0.6 is 39.0 Å². The molecule has 0 saturated heterocycles. The number of nitrogen functional groups attached to an aromatic ring is 1. The molecule has 0 aliphatic carbocycles. The van der Waals surface area contributed by atoms with E-state index in [4.69, 9.17) is 5.84 Å². The Kier molecular flexibility index (Phi) is 5.35. The highest BCUT2D eigenvalue weighted by atomic mass is 79.9. The fourth-order valence-corrected chi connectivity index (χ4v) is 3.79. The summed E-state index contributed by atoms with van der Waals surface area (Å²) in [4.78, 5) is 12.9. The first kappa shape index (κ1) is 17.8. The summed E-state index contributed by atoms with van der Waals surface area (Å²) < 4.78 is 28.2. The first-order valence-electron chi connectivity index (χ1n) is 6.77. The lowest BCUT2D eigenvalue weighted by atomic mass is 10.3. The first-order valence-corrected chi connectivity index (χ1v) is 9.43. The molecule has 0 bridgehead atoms. The Hall–Kier alpha value is -1.98. The summed E-state index contributed by atoms with van der Waals surface area (Å²) in [5.41, 5.74) is -0.125. The number of nitrogens with zero attached hydrogens (tertiary/aromatic N) is 3. The Balaban J connectivity index is 1.66. The predicted octanol–water partition coefficient (Wildman–Crippen LogP) is 3.49. The first-order chi connectivity index (χ1) is 12.0. The molecule has 130 valence electrons. The van der Waals surface area contributed by atoms with Crippen molar-refractivity contribution in [1.82, 2.24) is 14.9 Å². The van der Waals surface area contributed by atoms with Crippen LogP contribution in [0.4, 0.5) is 14.5 Å². The Labute approximate surface area is 157 Å². The van der Waals surface area contributed by atoms with Gasteiger partial charge >= 0.3 is 0 Å². The molecule has 0 fully saturated rings. The summed E-state index contributed by atoms with van der Waals surface area (Å²) >= 11 is 5.53. The molecule has 0 aliphatic rings. The summed E-state index contributed by atoms with van der Waals surface area (Å²) in [6.07, 6.45) is 0. The molecule has 0 atom stereocenters. The molecule has 0 spiro atoms. The van der Waals surface area contributed by atoms with Crippen molar-refractivity contribution in [3.8, 4) is 10.7 Å². The number of rotatable bonds is 5. The van der Waals surface area contributed by atoms with Crippen LogP contribution in [0.25, 0.3) is 10.7 Å². The Morgan fingerprint density at radius 3 is 2.88 bits per heavy atom. The summed E-state index contributed by atoms with van der Waals surface area (Å²) in [6.45, 7) is 0. The lowest BCUT2D eigenvalue weighted by Crippen LogP contribution is -2.17. The third-order valence-corrected chi connectivity index (χ3v) is 5.44. The molecule has 0 aliphatic heterocycles. The number of nitrogens with one attached hydrogen (secondary N) is 1. The van der Waals surface area contributed by atoms with Gasteiger partial charge in [-0.2, -0.15) is 0 Å². The molecule has 11 heteroatoms. The van der Waals surface area contributed by atoms with Crippen LogP contribution in [0.3, 0.4) is 0 Å². The van der Waals surface area contributed by atoms with Gasteiger partial charge in [-0.15, -0.1) is 21.5 Å². The highest BCUT2D eigenvalue weighted by Crippen LogP contribution is 2.28. The van der Waals surface area contributed by atoms with Gasteiger partial charge in [0.25, 0.3) is 0 Å². The van der Waals surface area contributed by atoms with Crippen LogP contribution in [0.15, 0.2) is 39.3 Å². The summed E-state index contributed by atoms with van der Waals surface area (Å²) in [5.74, 6) is 4.26. The monoisotopic (exact) mass is 445 g/mol. The van der Waals surface area contributed by atoms with Crippen LogP contribution in [0, 0.1) is 11.6 Å². The number of amides is 1. The van der Waals surface area contributed by atoms with Gasteiger partial charge in [0.05, 0.1) is 16.3 Å². The maximum Gasteiger partial charge on any atom is 0.234 e. The molecule has 3 aromatic rings. The fraction of sp³-hybridized carbons (Fsp3) is 0.0714. The molecule has 6 nitrogen and oxygen atoms in total. The van der Waals surface area contributed by atoms with E-state index >= 15 is 0 Å². The SMILES string of the molecule is Nn1c(SCC(=O)Nc2c(F)cc(F)cc2Br)nnc1-c1cccs1. The third-order valence-electron chi connectivity index (χ3n) is 3.01. The Bertz CT molecular complexity index is 893. The number of thiophene rings is 1. The molecule has 3 rings (SSSR count). The number of benzene rings is 1. The van der Waals surface area contributed by atoms with E-state index in [1.807, 2.05) is 17.5 Å². The van der Waals surface area contributed by atoms with Gasteiger partial charge in [0.1, 0.15) is 5.82 Å². The highest BCUT2D eigenvalue weighted by Gasteiger charge is 2.16. The lowest BCUT2D eigenvalue weighted by Gasteiger charge is -2.08. The fourth-order valence-electron chi connectivity index (χ4n) is 1.92. The second kappa shape index (κ2) is 7.50. The molecular formula is C14H10BrF2N5OS2. The van der Waals surface area contributed by atoms with Crippen LogP contribution in [0.5, 0.6) is 0 Å². The largest absolute Gasteiger partial charge is 0.335 e. The minimum atomic E-state index is -0.868. The second-order valence-electron chi connectivity index (χ2n) is 4.73. The molecule has 1 amide bonds. The molecule has 0 saturated carbocycles. The van der Waals surface area contributed by atoms with Gasteiger partial charge in [0.2, 0.25) is 11.1 Å². The van der Waals surface area contributed by atoms with E-state index in [0.29, 0.717) is 17.0 Å². The summed E-state index contributed by atoms with van der Waals surface area (Å²) in [7, 11) is 0. The van der Waals surface area contributed by atoms with Gasteiger partial charge in [0.15, 0.2) is 11.6 Å². The van der Waals surface area contributed by atoms with Crippen molar-refractivity contribution in [3.05, 3.63) is 45.8 Å². The molecule has 1 aromatic carbocycles. The molecule has 3 N–H and O–H groups in total. The van der Waals surface area contributed by atoms with E-state index < -0.39 is 17.5 Å². The number of anilines is 1. The van der Waals surface area contributed by atoms with Crippen LogP contribution in [-0.2, 0) is 4.79 Å². The van der Waals surface area contributed by atoms with Crippen molar-refractivity contribution in [3.63, 3.8) is 0 Å². The van der Waals surface area contributed by atoms with Gasteiger partial charge in [-0.1, -0.05) is 17.8 Å². The van der Waals surface area contributed by atoms with Crippen molar-refractivity contribution in [2.75, 3.05) is 16.9 Å². The number of thioether (sulfide) groups is 1. The number of halogens is 3. The minimum absolute atomic E-state index is 0.0664. The van der Waals surface area contributed by atoms with Crippen molar-refractivity contribution in [2.24, 2.45) is 0 Å². The second-order valence-corrected chi connectivity index (χ2v) is 7.48. The number of carbonyl (C=O) groups is 1. The molecule has 0 unspecified atom stereocenters. The average molecular weight is 446 g/mol. The zero-order valence-electron chi connectivity index (χ0n) is 12.4. The maximum absolute atomic E-state index is 13.7. The maximum atomic E-state index is 13.7. The van der Waals surface area contributed by atoms with Crippen molar-refractivity contribution >= 4 is 50.6 Å². The number of aromatic nitrogens is 3. The number of hydrogen-bond donors (Lipinski definition) is 2. The molecule has 25 heavy (non-hydrogen) atoms. The molecule has 2 aromatic heterocycles. The smallest absolute Gasteiger partial charge is 0.234 e.